The average Bonchev–Trinajstić information content (AvgIpc) is 2.62. The fourth-order valence-electron chi connectivity index (χ4n) is 2.62. The molecule has 28 heavy (non-hydrogen) atoms. The fourth-order valence-corrected chi connectivity index (χ4v) is 3.09. The molecule has 0 bridgehead atoms. The van der Waals surface area contributed by atoms with Gasteiger partial charge in [0.2, 0.25) is 11.8 Å². The lowest BCUT2D eigenvalue weighted by molar-refractivity contribution is -0.124. The molecule has 0 fully saturated rings. The predicted octanol–water partition coefficient (Wildman–Crippen LogP) is 3.09. The van der Waals surface area contributed by atoms with E-state index in [1.54, 1.807) is 30.1 Å². The summed E-state index contributed by atoms with van der Waals surface area (Å²) in [7, 11) is 3.15. The largest absolute Gasteiger partial charge is 0.494 e. The monoisotopic (exact) mass is 451 g/mol. The Balaban J connectivity index is 1.78. The quantitative estimate of drug-likeness (QED) is 0.646. The standard InChI is InChI=1S/C20H23BrFN3O3/c1-13-8-15(21)5-6-17(13)24-19(26)10-23-20(27)12-25(2)11-14-4-7-18(28-3)16(22)9-14/h4-9H,10-12H2,1-3H3,(H,23,27)(H,24,26). The van der Waals surface area contributed by atoms with Crippen LogP contribution in [0.4, 0.5) is 10.1 Å². The van der Waals surface area contributed by atoms with E-state index in [-0.39, 0.29) is 30.7 Å². The van der Waals surface area contributed by atoms with E-state index in [2.05, 4.69) is 26.6 Å². The highest BCUT2D eigenvalue weighted by molar-refractivity contribution is 9.10. The van der Waals surface area contributed by atoms with Gasteiger partial charge in [0, 0.05) is 16.7 Å². The van der Waals surface area contributed by atoms with Crippen molar-refractivity contribution in [2.75, 3.05) is 32.6 Å². The lowest BCUT2D eigenvalue weighted by atomic mass is 10.2. The van der Waals surface area contributed by atoms with Gasteiger partial charge in [-0.3, -0.25) is 14.5 Å². The summed E-state index contributed by atoms with van der Waals surface area (Å²) in [5.41, 5.74) is 2.33. The number of hydrogen-bond donors (Lipinski definition) is 2. The molecule has 0 aromatic heterocycles. The van der Waals surface area contributed by atoms with Gasteiger partial charge >= 0.3 is 0 Å². The van der Waals surface area contributed by atoms with Crippen molar-refractivity contribution in [2.45, 2.75) is 13.5 Å². The molecule has 2 rings (SSSR count). The Hall–Kier alpha value is -2.45. The van der Waals surface area contributed by atoms with E-state index in [1.807, 2.05) is 19.1 Å². The second kappa shape index (κ2) is 10.2. The number of carbonyl (C=O) groups excluding carboxylic acids is 2. The van der Waals surface area contributed by atoms with Crippen LogP contribution in [-0.2, 0) is 16.1 Å². The molecule has 0 saturated carbocycles. The maximum absolute atomic E-state index is 13.7. The minimum Gasteiger partial charge on any atom is -0.494 e. The van der Waals surface area contributed by atoms with Gasteiger partial charge in [0.1, 0.15) is 0 Å². The summed E-state index contributed by atoms with van der Waals surface area (Å²) < 4.78 is 19.5. The molecule has 0 aliphatic heterocycles. The van der Waals surface area contributed by atoms with Crippen LogP contribution in [0.3, 0.4) is 0 Å². The summed E-state index contributed by atoms with van der Waals surface area (Å²) >= 11 is 3.37. The third-order valence-electron chi connectivity index (χ3n) is 3.99. The predicted molar refractivity (Wildman–Crippen MR) is 110 cm³/mol. The van der Waals surface area contributed by atoms with Crippen LogP contribution in [0.1, 0.15) is 11.1 Å². The van der Waals surface area contributed by atoms with Gasteiger partial charge in [-0.1, -0.05) is 22.0 Å². The molecule has 0 radical (unpaired) electrons. The van der Waals surface area contributed by atoms with E-state index in [9.17, 15) is 14.0 Å². The van der Waals surface area contributed by atoms with Crippen molar-refractivity contribution in [3.8, 4) is 5.75 Å². The van der Waals surface area contributed by atoms with Crippen LogP contribution >= 0.6 is 15.9 Å². The number of nitrogens with one attached hydrogen (secondary N) is 2. The molecule has 0 heterocycles. The van der Waals surface area contributed by atoms with Crippen LogP contribution < -0.4 is 15.4 Å². The molecule has 0 unspecified atom stereocenters. The van der Waals surface area contributed by atoms with Crippen LogP contribution in [0, 0.1) is 12.7 Å². The maximum atomic E-state index is 13.7. The highest BCUT2D eigenvalue weighted by Crippen LogP contribution is 2.20. The van der Waals surface area contributed by atoms with Gasteiger partial charge < -0.3 is 15.4 Å². The van der Waals surface area contributed by atoms with Gasteiger partial charge in [-0.05, 0) is 55.4 Å². The van der Waals surface area contributed by atoms with Crippen LogP contribution in [0.25, 0.3) is 0 Å². The second-order valence-electron chi connectivity index (χ2n) is 6.43. The van der Waals surface area contributed by atoms with E-state index in [0.29, 0.717) is 12.2 Å². The Labute approximate surface area is 172 Å². The number of anilines is 1. The van der Waals surface area contributed by atoms with Crippen molar-refractivity contribution in [3.63, 3.8) is 0 Å². The zero-order valence-corrected chi connectivity index (χ0v) is 17.6. The molecule has 2 N–H and O–H groups in total. The first-order valence-corrected chi connectivity index (χ1v) is 9.41. The number of carbonyl (C=O) groups is 2. The minimum atomic E-state index is -0.447. The molecular weight excluding hydrogens is 429 g/mol. The van der Waals surface area contributed by atoms with Gasteiger partial charge in [-0.15, -0.1) is 0 Å². The molecule has 0 aliphatic carbocycles. The number of aryl methyl sites for hydroxylation is 1. The van der Waals surface area contributed by atoms with Crippen LogP contribution in [0.5, 0.6) is 5.75 Å². The first kappa shape index (κ1) is 21.8. The minimum absolute atomic E-state index is 0.0816. The molecular formula is C20H23BrFN3O3. The Morgan fingerprint density at radius 1 is 1.18 bits per heavy atom. The third-order valence-corrected chi connectivity index (χ3v) is 4.48. The third kappa shape index (κ3) is 6.61. The average molecular weight is 452 g/mol. The zero-order valence-electron chi connectivity index (χ0n) is 16.0. The Bertz CT molecular complexity index is 861. The molecule has 150 valence electrons. The summed E-state index contributed by atoms with van der Waals surface area (Å²) in [4.78, 5) is 25.8. The molecule has 2 aromatic carbocycles. The second-order valence-corrected chi connectivity index (χ2v) is 7.34. The number of hydrogen-bond acceptors (Lipinski definition) is 4. The SMILES string of the molecule is COc1ccc(CN(C)CC(=O)NCC(=O)Nc2ccc(Br)cc2C)cc1F. The van der Waals surface area contributed by atoms with E-state index in [1.165, 1.54) is 13.2 Å². The Morgan fingerprint density at radius 2 is 1.93 bits per heavy atom. The Morgan fingerprint density at radius 3 is 2.57 bits per heavy atom. The van der Waals surface area contributed by atoms with Crippen molar-refractivity contribution in [1.29, 1.82) is 0 Å². The lowest BCUT2D eigenvalue weighted by Crippen LogP contribution is -2.39. The van der Waals surface area contributed by atoms with Gasteiger partial charge in [0.15, 0.2) is 11.6 Å². The van der Waals surface area contributed by atoms with Crippen molar-refractivity contribution < 1.29 is 18.7 Å². The number of ether oxygens (including phenoxy) is 1. The van der Waals surface area contributed by atoms with Crippen LogP contribution in [0.2, 0.25) is 0 Å². The molecule has 0 spiro atoms. The van der Waals surface area contributed by atoms with Gasteiger partial charge in [-0.2, -0.15) is 0 Å². The number of rotatable bonds is 8. The first-order chi connectivity index (χ1) is 13.3. The smallest absolute Gasteiger partial charge is 0.243 e. The van der Waals surface area contributed by atoms with Crippen LogP contribution in [0.15, 0.2) is 40.9 Å². The Kier molecular flexibility index (Phi) is 7.95. The molecule has 2 aromatic rings. The summed E-state index contributed by atoms with van der Waals surface area (Å²) in [6.45, 7) is 2.23. The number of benzene rings is 2. The number of methoxy groups -OCH3 is 1. The highest BCUT2D eigenvalue weighted by atomic mass is 79.9. The van der Waals surface area contributed by atoms with E-state index in [0.717, 1.165) is 15.6 Å². The number of amides is 2. The topological polar surface area (TPSA) is 70.7 Å². The molecule has 0 aliphatic rings. The highest BCUT2D eigenvalue weighted by Gasteiger charge is 2.11. The van der Waals surface area contributed by atoms with Gasteiger partial charge in [-0.25, -0.2) is 4.39 Å². The lowest BCUT2D eigenvalue weighted by Gasteiger charge is -2.17. The molecule has 8 heteroatoms. The zero-order chi connectivity index (χ0) is 20.7. The van der Waals surface area contributed by atoms with Gasteiger partial charge in [0.05, 0.1) is 20.2 Å². The molecule has 2 amide bonds. The summed E-state index contributed by atoms with van der Waals surface area (Å²) in [6, 6.07) is 10.2. The molecule has 6 nitrogen and oxygen atoms in total. The van der Waals surface area contributed by atoms with Gasteiger partial charge in [0.25, 0.3) is 0 Å². The molecule has 0 atom stereocenters. The normalized spacial score (nSPS) is 10.6. The number of halogens is 2. The van der Waals surface area contributed by atoms with E-state index in [4.69, 9.17) is 4.74 Å². The van der Waals surface area contributed by atoms with Crippen molar-refractivity contribution >= 4 is 33.4 Å². The van der Waals surface area contributed by atoms with E-state index < -0.39 is 5.82 Å². The van der Waals surface area contributed by atoms with E-state index >= 15 is 0 Å². The number of likely N-dealkylation sites (N-methyl/N-ethyl adjacent to an activating group) is 1. The van der Waals surface area contributed by atoms with Crippen molar-refractivity contribution in [2.24, 2.45) is 0 Å². The van der Waals surface area contributed by atoms with Crippen molar-refractivity contribution in [3.05, 3.63) is 57.8 Å². The first-order valence-electron chi connectivity index (χ1n) is 8.62. The van der Waals surface area contributed by atoms with Crippen molar-refractivity contribution in [1.82, 2.24) is 10.2 Å². The fraction of sp³-hybridized carbons (Fsp3) is 0.300. The summed E-state index contributed by atoms with van der Waals surface area (Å²) in [5.74, 6) is -0.869. The summed E-state index contributed by atoms with van der Waals surface area (Å²) in [6.07, 6.45) is 0. The van der Waals surface area contributed by atoms with Crippen LogP contribution in [-0.4, -0.2) is 44.0 Å². The summed E-state index contributed by atoms with van der Waals surface area (Å²) in [5, 5.41) is 5.35. The maximum Gasteiger partial charge on any atom is 0.243 e. The number of nitrogens with zero attached hydrogens (tertiary/aromatic N) is 1. The molecule has 0 saturated heterocycles.